The van der Waals surface area contributed by atoms with Gasteiger partial charge in [-0.1, -0.05) is 43.5 Å². The molecule has 2 aliphatic rings. The van der Waals surface area contributed by atoms with Gasteiger partial charge in [0.25, 0.3) is 0 Å². The van der Waals surface area contributed by atoms with Gasteiger partial charge in [-0.3, -0.25) is 0 Å². The van der Waals surface area contributed by atoms with Crippen molar-refractivity contribution < 1.29 is 0 Å². The van der Waals surface area contributed by atoms with Crippen LogP contribution in [0.2, 0.25) is 0 Å². The third kappa shape index (κ3) is 1.90. The molecule has 0 amide bonds. The van der Waals surface area contributed by atoms with Crippen LogP contribution in [0.15, 0.2) is 30.3 Å². The number of nitriles is 1. The molecule has 2 heteroatoms. The van der Waals surface area contributed by atoms with E-state index in [-0.39, 0.29) is 5.54 Å². The molecule has 3 rings (SSSR count). The van der Waals surface area contributed by atoms with Gasteiger partial charge < -0.3 is 5.32 Å². The van der Waals surface area contributed by atoms with Crippen molar-refractivity contribution in [2.24, 2.45) is 0 Å². The van der Waals surface area contributed by atoms with Crippen LogP contribution in [0.5, 0.6) is 0 Å². The summed E-state index contributed by atoms with van der Waals surface area (Å²) in [6, 6.07) is 10.6. The summed E-state index contributed by atoms with van der Waals surface area (Å²) < 4.78 is 0. The molecular formula is C16H18N2. The first-order chi connectivity index (χ1) is 8.83. The summed E-state index contributed by atoms with van der Waals surface area (Å²) in [4.78, 5) is 0. The van der Waals surface area contributed by atoms with Gasteiger partial charge >= 0.3 is 0 Å². The highest BCUT2D eigenvalue weighted by molar-refractivity contribution is 5.71. The molecule has 1 spiro atoms. The smallest absolute Gasteiger partial charge is 0.0933 e. The average molecular weight is 238 g/mol. The topological polar surface area (TPSA) is 35.8 Å². The van der Waals surface area contributed by atoms with Crippen LogP contribution < -0.4 is 5.32 Å². The molecular weight excluding hydrogens is 220 g/mol. The quantitative estimate of drug-likeness (QED) is 0.703. The van der Waals surface area contributed by atoms with Gasteiger partial charge in [0.15, 0.2) is 0 Å². The zero-order valence-electron chi connectivity index (χ0n) is 10.6. The van der Waals surface area contributed by atoms with Crippen LogP contribution in [0.3, 0.4) is 0 Å². The molecule has 0 aromatic heterocycles. The van der Waals surface area contributed by atoms with E-state index < -0.39 is 0 Å². The van der Waals surface area contributed by atoms with E-state index in [9.17, 15) is 0 Å². The number of hydrogen-bond acceptors (Lipinski definition) is 2. The molecule has 0 bridgehead atoms. The molecule has 1 aromatic carbocycles. The second-order valence-corrected chi connectivity index (χ2v) is 5.49. The van der Waals surface area contributed by atoms with Gasteiger partial charge in [-0.05, 0) is 24.8 Å². The van der Waals surface area contributed by atoms with Crippen LogP contribution in [-0.2, 0) is 6.42 Å². The Bertz CT molecular complexity index is 516. The summed E-state index contributed by atoms with van der Waals surface area (Å²) in [6.45, 7) is 0. The highest BCUT2D eigenvalue weighted by Crippen LogP contribution is 2.38. The average Bonchev–Trinajstić information content (AvgIpc) is 2.40. The number of hydrogen-bond donors (Lipinski definition) is 1. The van der Waals surface area contributed by atoms with Gasteiger partial charge in [0.2, 0.25) is 0 Å². The number of allylic oxidation sites excluding steroid dienone is 1. The summed E-state index contributed by atoms with van der Waals surface area (Å²) in [6.07, 6.45) is 9.17. The number of benzene rings is 1. The third-order valence-corrected chi connectivity index (χ3v) is 4.26. The van der Waals surface area contributed by atoms with E-state index in [1.807, 2.05) is 6.07 Å². The number of nitrogens with zero attached hydrogens (tertiary/aromatic N) is 1. The number of nitrogens with one attached hydrogen (secondary N) is 1. The Morgan fingerprint density at radius 2 is 1.94 bits per heavy atom. The first-order valence-electron chi connectivity index (χ1n) is 6.79. The molecule has 1 heterocycles. The van der Waals surface area contributed by atoms with E-state index in [1.165, 1.54) is 43.2 Å². The van der Waals surface area contributed by atoms with Crippen molar-refractivity contribution in [3.63, 3.8) is 0 Å². The maximum atomic E-state index is 8.96. The summed E-state index contributed by atoms with van der Waals surface area (Å²) in [5.74, 6) is 0. The van der Waals surface area contributed by atoms with Crippen LogP contribution >= 0.6 is 0 Å². The molecule has 0 saturated heterocycles. The lowest BCUT2D eigenvalue weighted by atomic mass is 9.74. The molecule has 0 unspecified atom stereocenters. The van der Waals surface area contributed by atoms with Gasteiger partial charge in [0, 0.05) is 17.2 Å². The Kier molecular flexibility index (Phi) is 2.83. The Morgan fingerprint density at radius 3 is 2.72 bits per heavy atom. The largest absolute Gasteiger partial charge is 0.378 e. The Hall–Kier alpha value is -1.75. The van der Waals surface area contributed by atoms with Crippen molar-refractivity contribution in [1.29, 1.82) is 5.26 Å². The van der Waals surface area contributed by atoms with Gasteiger partial charge in [0.05, 0.1) is 11.8 Å². The molecule has 1 saturated carbocycles. The summed E-state index contributed by atoms with van der Waals surface area (Å²) in [7, 11) is 0. The summed E-state index contributed by atoms with van der Waals surface area (Å²) in [5.41, 5.74) is 3.81. The lowest BCUT2D eigenvalue weighted by Crippen LogP contribution is -2.50. The van der Waals surface area contributed by atoms with E-state index in [1.54, 1.807) is 6.08 Å². The Labute approximate surface area is 108 Å². The zero-order valence-corrected chi connectivity index (χ0v) is 10.6. The number of fused-ring (bicyclic) bond motifs is 1. The van der Waals surface area contributed by atoms with Gasteiger partial charge in [-0.2, -0.15) is 5.26 Å². The molecule has 18 heavy (non-hydrogen) atoms. The van der Waals surface area contributed by atoms with Crippen molar-refractivity contribution in [3.05, 3.63) is 41.5 Å². The van der Waals surface area contributed by atoms with Gasteiger partial charge in [-0.25, -0.2) is 0 Å². The van der Waals surface area contributed by atoms with Crippen LogP contribution in [0.4, 0.5) is 0 Å². The van der Waals surface area contributed by atoms with E-state index >= 15 is 0 Å². The lowest BCUT2D eigenvalue weighted by molar-refractivity contribution is 0.253. The molecule has 1 fully saturated rings. The molecule has 0 radical (unpaired) electrons. The van der Waals surface area contributed by atoms with Crippen molar-refractivity contribution in [3.8, 4) is 6.07 Å². The minimum Gasteiger partial charge on any atom is -0.378 e. The minimum absolute atomic E-state index is 0.204. The van der Waals surface area contributed by atoms with Crippen molar-refractivity contribution in [2.75, 3.05) is 0 Å². The lowest BCUT2D eigenvalue weighted by Gasteiger charge is -2.43. The van der Waals surface area contributed by atoms with Gasteiger partial charge in [-0.15, -0.1) is 0 Å². The minimum atomic E-state index is 0.204. The SMILES string of the molecule is N#C/C=C1/NC2(CCCCC2)Cc2ccccc21. The maximum Gasteiger partial charge on any atom is 0.0933 e. The van der Waals surface area contributed by atoms with Crippen LogP contribution in [0.25, 0.3) is 5.70 Å². The second kappa shape index (κ2) is 4.49. The standard InChI is InChI=1S/C16H18N2/c17-11-8-15-14-7-3-2-6-13(14)12-16(18-15)9-4-1-5-10-16/h2-3,6-8,18H,1,4-5,9-10,12H2/b15-8+. The monoisotopic (exact) mass is 238 g/mol. The fourth-order valence-corrected chi connectivity index (χ4v) is 3.41. The van der Waals surface area contributed by atoms with Crippen LogP contribution in [0, 0.1) is 11.3 Å². The third-order valence-electron chi connectivity index (χ3n) is 4.26. The molecule has 92 valence electrons. The molecule has 1 aromatic rings. The predicted molar refractivity (Wildman–Crippen MR) is 72.7 cm³/mol. The first-order valence-corrected chi connectivity index (χ1v) is 6.79. The zero-order chi connectivity index (χ0) is 12.4. The van der Waals surface area contributed by atoms with E-state index in [0.29, 0.717) is 0 Å². The highest BCUT2D eigenvalue weighted by atomic mass is 15.0. The Balaban J connectivity index is 2.02. The molecule has 1 aliphatic carbocycles. The van der Waals surface area contributed by atoms with Crippen molar-refractivity contribution >= 4 is 5.70 Å². The van der Waals surface area contributed by atoms with Crippen molar-refractivity contribution in [2.45, 2.75) is 44.1 Å². The molecule has 2 nitrogen and oxygen atoms in total. The van der Waals surface area contributed by atoms with Crippen LogP contribution in [0.1, 0.15) is 43.2 Å². The van der Waals surface area contributed by atoms with Gasteiger partial charge in [0.1, 0.15) is 0 Å². The molecule has 1 N–H and O–H groups in total. The van der Waals surface area contributed by atoms with Crippen LogP contribution in [-0.4, -0.2) is 5.54 Å². The van der Waals surface area contributed by atoms with E-state index in [4.69, 9.17) is 5.26 Å². The summed E-state index contributed by atoms with van der Waals surface area (Å²) in [5, 5.41) is 12.6. The molecule has 1 aliphatic heterocycles. The fourth-order valence-electron chi connectivity index (χ4n) is 3.41. The number of rotatable bonds is 0. The normalized spacial score (nSPS) is 23.2. The first kappa shape index (κ1) is 11.3. The van der Waals surface area contributed by atoms with E-state index in [2.05, 4.69) is 29.6 Å². The second-order valence-electron chi connectivity index (χ2n) is 5.49. The highest BCUT2D eigenvalue weighted by Gasteiger charge is 2.36. The predicted octanol–water partition coefficient (Wildman–Crippen LogP) is 3.40. The fraction of sp³-hybridized carbons (Fsp3) is 0.438. The molecule has 0 atom stereocenters. The van der Waals surface area contributed by atoms with E-state index in [0.717, 1.165) is 12.1 Å². The van der Waals surface area contributed by atoms with Crippen molar-refractivity contribution in [1.82, 2.24) is 5.32 Å². The maximum absolute atomic E-state index is 8.96. The summed E-state index contributed by atoms with van der Waals surface area (Å²) >= 11 is 0. The Morgan fingerprint density at radius 1 is 1.17 bits per heavy atom.